The Bertz CT molecular complexity index is 182. The Kier molecular flexibility index (Phi) is 5.36. The predicted octanol–water partition coefficient (Wildman–Crippen LogP) is 0.409. The van der Waals surface area contributed by atoms with Crippen molar-refractivity contribution in [3.05, 3.63) is 0 Å². The number of nitrogens with zero attached hydrogens (tertiary/aromatic N) is 1. The number of piperidine rings is 1. The van der Waals surface area contributed by atoms with Gasteiger partial charge in [-0.1, -0.05) is 6.42 Å². The van der Waals surface area contributed by atoms with Crippen LogP contribution in [-0.4, -0.2) is 49.7 Å². The van der Waals surface area contributed by atoms with Crippen LogP contribution in [0.5, 0.6) is 0 Å². The number of ether oxygens (including phenoxy) is 1. The van der Waals surface area contributed by atoms with E-state index in [2.05, 4.69) is 5.32 Å². The normalized spacial score (nSPS) is 26.9. The van der Waals surface area contributed by atoms with Crippen molar-refractivity contribution in [3.63, 3.8) is 0 Å². The lowest BCUT2D eigenvalue weighted by Gasteiger charge is -2.32. The molecule has 2 aliphatic rings. The smallest absolute Gasteiger partial charge is 0.239 e. The molecule has 0 aromatic carbocycles. The summed E-state index contributed by atoms with van der Waals surface area (Å²) >= 11 is 0. The van der Waals surface area contributed by atoms with Crippen molar-refractivity contribution in [1.29, 1.82) is 0 Å². The number of nitrogens with one attached hydrogen (secondary N) is 1. The van der Waals surface area contributed by atoms with E-state index >= 15 is 0 Å². The van der Waals surface area contributed by atoms with Crippen LogP contribution >= 0.6 is 12.4 Å². The van der Waals surface area contributed by atoms with Gasteiger partial charge in [-0.05, 0) is 19.4 Å². The first-order chi connectivity index (χ1) is 6.88. The molecule has 2 aliphatic heterocycles. The van der Waals surface area contributed by atoms with E-state index in [9.17, 15) is 4.79 Å². The fraction of sp³-hybridized carbons (Fsp3) is 0.900. The van der Waals surface area contributed by atoms with Gasteiger partial charge in [0.05, 0.1) is 19.3 Å². The Morgan fingerprint density at radius 3 is 2.60 bits per heavy atom. The van der Waals surface area contributed by atoms with Crippen LogP contribution in [0.15, 0.2) is 0 Å². The van der Waals surface area contributed by atoms with E-state index < -0.39 is 0 Å². The maximum Gasteiger partial charge on any atom is 0.239 e. The number of halogens is 1. The summed E-state index contributed by atoms with van der Waals surface area (Å²) in [4.78, 5) is 13.9. The molecule has 0 bridgehead atoms. The van der Waals surface area contributed by atoms with Crippen molar-refractivity contribution < 1.29 is 9.53 Å². The molecule has 5 heteroatoms. The molecule has 88 valence electrons. The molecule has 4 nitrogen and oxygen atoms in total. The van der Waals surface area contributed by atoms with Crippen molar-refractivity contribution >= 4 is 18.3 Å². The summed E-state index contributed by atoms with van der Waals surface area (Å²) in [5.41, 5.74) is 0. The van der Waals surface area contributed by atoms with Gasteiger partial charge in [0.2, 0.25) is 5.91 Å². The van der Waals surface area contributed by atoms with Gasteiger partial charge < -0.3 is 15.0 Å². The summed E-state index contributed by atoms with van der Waals surface area (Å²) < 4.78 is 5.22. The SMILES string of the molecule is Cl.O=C(C1CCCCN1)N1CCOCC1. The first kappa shape index (κ1) is 12.7. The lowest BCUT2D eigenvalue weighted by molar-refractivity contribution is -0.138. The van der Waals surface area contributed by atoms with E-state index in [1.54, 1.807) is 0 Å². The van der Waals surface area contributed by atoms with Gasteiger partial charge in [-0.25, -0.2) is 0 Å². The Hall–Kier alpha value is -0.320. The van der Waals surface area contributed by atoms with Crippen molar-refractivity contribution in [2.24, 2.45) is 0 Å². The fourth-order valence-corrected chi connectivity index (χ4v) is 2.07. The summed E-state index contributed by atoms with van der Waals surface area (Å²) in [6, 6.07) is 0.0712. The Morgan fingerprint density at radius 1 is 1.27 bits per heavy atom. The zero-order valence-corrected chi connectivity index (χ0v) is 9.72. The topological polar surface area (TPSA) is 41.6 Å². The van der Waals surface area contributed by atoms with Crippen LogP contribution in [0.3, 0.4) is 0 Å². The molecule has 1 amide bonds. The summed E-state index contributed by atoms with van der Waals surface area (Å²) in [6.45, 7) is 3.89. The summed E-state index contributed by atoms with van der Waals surface area (Å²) in [6.07, 6.45) is 3.37. The number of morpholine rings is 1. The van der Waals surface area contributed by atoms with Crippen LogP contribution in [0, 0.1) is 0 Å². The number of amides is 1. The minimum atomic E-state index is 0. The predicted molar refractivity (Wildman–Crippen MR) is 60.3 cm³/mol. The van der Waals surface area contributed by atoms with Crippen molar-refractivity contribution in [1.82, 2.24) is 10.2 Å². The van der Waals surface area contributed by atoms with Crippen molar-refractivity contribution in [3.8, 4) is 0 Å². The Labute approximate surface area is 96.7 Å². The first-order valence-corrected chi connectivity index (χ1v) is 5.48. The average Bonchev–Trinajstić information content (AvgIpc) is 2.30. The van der Waals surface area contributed by atoms with Gasteiger partial charge in [0.1, 0.15) is 0 Å². The lowest BCUT2D eigenvalue weighted by atomic mass is 10.0. The van der Waals surface area contributed by atoms with E-state index in [4.69, 9.17) is 4.74 Å². The number of rotatable bonds is 1. The lowest BCUT2D eigenvalue weighted by Crippen LogP contribution is -2.51. The molecule has 0 aromatic rings. The largest absolute Gasteiger partial charge is 0.378 e. The monoisotopic (exact) mass is 234 g/mol. The number of carbonyl (C=O) groups is 1. The molecule has 2 heterocycles. The van der Waals surface area contributed by atoms with E-state index in [0.717, 1.165) is 26.1 Å². The first-order valence-electron chi connectivity index (χ1n) is 5.48. The van der Waals surface area contributed by atoms with Gasteiger partial charge in [0, 0.05) is 13.1 Å². The maximum atomic E-state index is 12.0. The maximum absolute atomic E-state index is 12.0. The fourth-order valence-electron chi connectivity index (χ4n) is 2.07. The molecule has 1 N–H and O–H groups in total. The van der Waals surface area contributed by atoms with Gasteiger partial charge in [0.15, 0.2) is 0 Å². The van der Waals surface area contributed by atoms with E-state index in [-0.39, 0.29) is 24.4 Å². The van der Waals surface area contributed by atoms with Gasteiger partial charge in [0.25, 0.3) is 0 Å². The summed E-state index contributed by atoms with van der Waals surface area (Å²) in [7, 11) is 0. The number of hydrogen-bond donors (Lipinski definition) is 1. The van der Waals surface area contributed by atoms with Crippen molar-refractivity contribution in [2.45, 2.75) is 25.3 Å². The van der Waals surface area contributed by atoms with Gasteiger partial charge in [-0.3, -0.25) is 4.79 Å². The summed E-state index contributed by atoms with van der Waals surface area (Å²) in [5, 5.41) is 3.28. The number of hydrogen-bond acceptors (Lipinski definition) is 3. The molecule has 2 saturated heterocycles. The molecular weight excluding hydrogens is 216 g/mol. The minimum Gasteiger partial charge on any atom is -0.378 e. The van der Waals surface area contributed by atoms with E-state index in [1.165, 1.54) is 12.8 Å². The van der Waals surface area contributed by atoms with Gasteiger partial charge in [-0.2, -0.15) is 0 Å². The van der Waals surface area contributed by atoms with Crippen molar-refractivity contribution in [2.75, 3.05) is 32.8 Å². The quantitative estimate of drug-likeness (QED) is 0.715. The second-order valence-electron chi connectivity index (χ2n) is 3.94. The highest BCUT2D eigenvalue weighted by atomic mass is 35.5. The molecule has 0 saturated carbocycles. The Morgan fingerprint density at radius 2 is 2.00 bits per heavy atom. The molecule has 2 fully saturated rings. The molecule has 1 unspecified atom stereocenters. The van der Waals surface area contributed by atoms with Crippen LogP contribution in [0.4, 0.5) is 0 Å². The van der Waals surface area contributed by atoms with Crippen LogP contribution < -0.4 is 5.32 Å². The van der Waals surface area contributed by atoms with Crippen LogP contribution in [0.1, 0.15) is 19.3 Å². The van der Waals surface area contributed by atoms with E-state index in [1.807, 2.05) is 4.90 Å². The Balaban J connectivity index is 0.00000112. The molecule has 0 aromatic heterocycles. The van der Waals surface area contributed by atoms with Gasteiger partial charge in [-0.15, -0.1) is 12.4 Å². The summed E-state index contributed by atoms with van der Waals surface area (Å²) in [5.74, 6) is 0.271. The van der Waals surface area contributed by atoms with Gasteiger partial charge >= 0.3 is 0 Å². The molecule has 0 aliphatic carbocycles. The van der Waals surface area contributed by atoms with E-state index in [0.29, 0.717) is 13.2 Å². The average molecular weight is 235 g/mol. The third kappa shape index (κ3) is 3.33. The second kappa shape index (κ2) is 6.30. The molecular formula is C10H19ClN2O2. The zero-order valence-electron chi connectivity index (χ0n) is 8.91. The zero-order chi connectivity index (χ0) is 9.80. The molecule has 15 heavy (non-hydrogen) atoms. The highest BCUT2D eigenvalue weighted by Crippen LogP contribution is 2.10. The second-order valence-corrected chi connectivity index (χ2v) is 3.94. The minimum absolute atomic E-state index is 0. The standard InChI is InChI=1S/C10H18N2O2.ClH/c13-10(9-3-1-2-4-11-9)12-5-7-14-8-6-12;/h9,11H,1-8H2;1H. The van der Waals surface area contributed by atoms with Crippen LogP contribution in [0.25, 0.3) is 0 Å². The van der Waals surface area contributed by atoms with Crippen LogP contribution in [0.2, 0.25) is 0 Å². The highest BCUT2D eigenvalue weighted by Gasteiger charge is 2.26. The molecule has 0 radical (unpaired) electrons. The molecule has 0 spiro atoms. The molecule has 2 rings (SSSR count). The molecule has 1 atom stereocenters. The third-order valence-electron chi connectivity index (χ3n) is 2.93. The number of carbonyl (C=O) groups excluding carboxylic acids is 1. The van der Waals surface area contributed by atoms with Crippen LogP contribution in [-0.2, 0) is 9.53 Å². The third-order valence-corrected chi connectivity index (χ3v) is 2.93. The highest BCUT2D eigenvalue weighted by molar-refractivity contribution is 5.85.